The Bertz CT molecular complexity index is 526. The second kappa shape index (κ2) is 6.32. The molecule has 4 nitrogen and oxygen atoms in total. The van der Waals surface area contributed by atoms with Crippen LogP contribution < -0.4 is 0 Å². The van der Waals surface area contributed by atoms with Crippen molar-refractivity contribution < 1.29 is 17.9 Å². The van der Waals surface area contributed by atoms with Crippen LogP contribution in [0.2, 0.25) is 0 Å². The lowest BCUT2D eigenvalue weighted by atomic mass is 10.0. The van der Waals surface area contributed by atoms with Crippen molar-refractivity contribution in [3.8, 4) is 0 Å². The van der Waals surface area contributed by atoms with Crippen LogP contribution in [0.15, 0.2) is 24.6 Å². The van der Waals surface area contributed by atoms with Crippen molar-refractivity contribution >= 4 is 0 Å². The summed E-state index contributed by atoms with van der Waals surface area (Å²) in [4.78, 5) is 2.27. The molecule has 0 bridgehead atoms. The third-order valence-corrected chi connectivity index (χ3v) is 4.24. The first-order valence-corrected chi connectivity index (χ1v) is 7.67. The molecule has 2 aliphatic rings. The second-order valence-electron chi connectivity index (χ2n) is 5.94. The van der Waals surface area contributed by atoms with Crippen molar-refractivity contribution in [1.29, 1.82) is 0 Å². The summed E-state index contributed by atoms with van der Waals surface area (Å²) in [7, 11) is 0. The van der Waals surface area contributed by atoms with Crippen molar-refractivity contribution in [3.05, 3.63) is 30.3 Å². The first-order chi connectivity index (χ1) is 10.5. The Hall–Kier alpha value is -1.50. The average Bonchev–Trinajstić information content (AvgIpc) is 2.99. The fourth-order valence-corrected chi connectivity index (χ4v) is 3.11. The zero-order valence-corrected chi connectivity index (χ0v) is 12.3. The van der Waals surface area contributed by atoms with Crippen LogP contribution in [0.3, 0.4) is 0 Å². The summed E-state index contributed by atoms with van der Waals surface area (Å²) in [5.41, 5.74) is -0.814. The van der Waals surface area contributed by atoms with Gasteiger partial charge in [-0.1, -0.05) is 0 Å². The number of allylic oxidation sites excluding steroid dienone is 1. The number of ether oxygens (including phenoxy) is 1. The monoisotopic (exact) mass is 315 g/mol. The number of halogens is 3. The largest absolute Gasteiger partial charge is 0.497 e. The van der Waals surface area contributed by atoms with E-state index < -0.39 is 11.9 Å². The average molecular weight is 315 g/mol. The maximum Gasteiger partial charge on any atom is 0.435 e. The predicted molar refractivity (Wildman–Crippen MR) is 75.2 cm³/mol. The third-order valence-electron chi connectivity index (χ3n) is 4.24. The molecule has 0 aliphatic carbocycles. The van der Waals surface area contributed by atoms with E-state index in [9.17, 15) is 13.2 Å². The van der Waals surface area contributed by atoms with Gasteiger partial charge in [-0.15, -0.1) is 0 Å². The normalized spacial score (nSPS) is 26.9. The van der Waals surface area contributed by atoms with Crippen LogP contribution in [0, 0.1) is 0 Å². The molecule has 0 aromatic carbocycles. The lowest BCUT2D eigenvalue weighted by molar-refractivity contribution is -0.141. The van der Waals surface area contributed by atoms with Crippen molar-refractivity contribution in [2.24, 2.45) is 0 Å². The number of likely N-dealkylation sites (tertiary alicyclic amines) is 1. The van der Waals surface area contributed by atoms with Crippen LogP contribution in [0.1, 0.15) is 37.4 Å². The molecule has 0 amide bonds. The highest BCUT2D eigenvalue weighted by molar-refractivity contribution is 5.04. The Balaban J connectivity index is 1.60. The lowest BCUT2D eigenvalue weighted by Crippen LogP contribution is -2.41. The van der Waals surface area contributed by atoms with Crippen LogP contribution in [-0.2, 0) is 10.9 Å². The van der Waals surface area contributed by atoms with Gasteiger partial charge in [0.2, 0.25) is 0 Å². The summed E-state index contributed by atoms with van der Waals surface area (Å²) < 4.78 is 45.0. The molecule has 0 N–H and O–H groups in total. The number of rotatable bonds is 3. The van der Waals surface area contributed by atoms with E-state index in [2.05, 4.69) is 10.00 Å². The van der Waals surface area contributed by atoms with Gasteiger partial charge in [-0.3, -0.25) is 9.58 Å². The van der Waals surface area contributed by atoms with Gasteiger partial charge in [0.15, 0.2) is 5.69 Å². The molecule has 0 radical (unpaired) electrons. The lowest BCUT2D eigenvalue weighted by Gasteiger charge is -2.35. The molecular weight excluding hydrogens is 295 g/mol. The zero-order chi connectivity index (χ0) is 15.6. The van der Waals surface area contributed by atoms with Gasteiger partial charge in [-0.2, -0.15) is 18.3 Å². The molecule has 7 heteroatoms. The fourth-order valence-electron chi connectivity index (χ4n) is 3.11. The third kappa shape index (κ3) is 3.63. The molecule has 0 saturated carbocycles. The van der Waals surface area contributed by atoms with E-state index in [1.807, 2.05) is 6.08 Å². The van der Waals surface area contributed by atoms with Gasteiger partial charge in [0, 0.05) is 19.3 Å². The molecule has 3 heterocycles. The molecule has 1 aromatic heterocycles. The zero-order valence-electron chi connectivity index (χ0n) is 12.3. The van der Waals surface area contributed by atoms with Crippen molar-refractivity contribution in [2.45, 2.75) is 44.0 Å². The highest BCUT2D eigenvalue weighted by atomic mass is 19.4. The van der Waals surface area contributed by atoms with E-state index in [0.717, 1.165) is 51.4 Å². The minimum atomic E-state index is -4.37. The Kier molecular flexibility index (Phi) is 4.42. The van der Waals surface area contributed by atoms with E-state index in [0.29, 0.717) is 0 Å². The van der Waals surface area contributed by atoms with Gasteiger partial charge in [-0.25, -0.2) is 0 Å². The van der Waals surface area contributed by atoms with Gasteiger partial charge in [-0.05, 0) is 44.4 Å². The summed E-state index contributed by atoms with van der Waals surface area (Å²) in [6.07, 6.45) is 4.87. The van der Waals surface area contributed by atoms with Crippen molar-refractivity contribution in [1.82, 2.24) is 14.7 Å². The van der Waals surface area contributed by atoms with Gasteiger partial charge in [0.05, 0.1) is 12.3 Å². The molecule has 2 aliphatic heterocycles. The van der Waals surface area contributed by atoms with E-state index in [4.69, 9.17) is 4.74 Å². The molecule has 1 fully saturated rings. The minimum absolute atomic E-state index is 0.00369. The topological polar surface area (TPSA) is 30.3 Å². The standard InChI is InChI=1S/C15H20F3N3O/c16-15(17,18)14-6-8-21(19-14)12-4-3-7-20(10-12)11-13-5-1-2-9-22-13/h2,6,8-9,12-13H,1,3-5,7,10-11H2/t12-,13+/m0/s1. The molecule has 2 atom stereocenters. The highest BCUT2D eigenvalue weighted by Crippen LogP contribution is 2.29. The molecule has 1 aromatic rings. The number of nitrogens with zero attached hydrogens (tertiary/aromatic N) is 3. The van der Waals surface area contributed by atoms with E-state index in [1.165, 1.54) is 10.9 Å². The molecular formula is C15H20F3N3O. The fraction of sp³-hybridized carbons (Fsp3) is 0.667. The Morgan fingerprint density at radius 2 is 2.18 bits per heavy atom. The van der Waals surface area contributed by atoms with Crippen LogP contribution in [0.4, 0.5) is 13.2 Å². The SMILES string of the molecule is FC(F)(F)c1ccn([C@H]2CCCN(C[C@H]3CCC=CO3)C2)n1. The molecule has 1 saturated heterocycles. The molecule has 22 heavy (non-hydrogen) atoms. The van der Waals surface area contributed by atoms with Gasteiger partial charge >= 0.3 is 6.18 Å². The predicted octanol–water partition coefficient (Wildman–Crippen LogP) is 3.23. The number of hydrogen-bond acceptors (Lipinski definition) is 3. The van der Waals surface area contributed by atoms with Crippen molar-refractivity contribution in [2.75, 3.05) is 19.6 Å². The number of alkyl halides is 3. The Labute approximate surface area is 127 Å². The maximum atomic E-state index is 12.6. The Morgan fingerprint density at radius 3 is 2.86 bits per heavy atom. The van der Waals surface area contributed by atoms with Crippen LogP contribution >= 0.6 is 0 Å². The summed E-state index contributed by atoms with van der Waals surface area (Å²) in [5, 5.41) is 3.71. The smallest absolute Gasteiger partial charge is 0.435 e. The van der Waals surface area contributed by atoms with Gasteiger partial charge in [0.1, 0.15) is 6.10 Å². The molecule has 3 rings (SSSR count). The van der Waals surface area contributed by atoms with Gasteiger partial charge < -0.3 is 4.74 Å². The van der Waals surface area contributed by atoms with Crippen LogP contribution in [0.5, 0.6) is 0 Å². The maximum absolute atomic E-state index is 12.6. The minimum Gasteiger partial charge on any atom is -0.497 e. The summed E-state index contributed by atoms with van der Waals surface area (Å²) >= 11 is 0. The first-order valence-electron chi connectivity index (χ1n) is 7.67. The van der Waals surface area contributed by atoms with Crippen LogP contribution in [-0.4, -0.2) is 40.4 Å². The number of aromatic nitrogens is 2. The Morgan fingerprint density at radius 1 is 1.32 bits per heavy atom. The van der Waals surface area contributed by atoms with Crippen molar-refractivity contribution in [3.63, 3.8) is 0 Å². The van der Waals surface area contributed by atoms with E-state index >= 15 is 0 Å². The molecule has 122 valence electrons. The van der Waals surface area contributed by atoms with Crippen LogP contribution in [0.25, 0.3) is 0 Å². The molecule has 0 spiro atoms. The quantitative estimate of drug-likeness (QED) is 0.858. The van der Waals surface area contributed by atoms with Gasteiger partial charge in [0.25, 0.3) is 0 Å². The van der Waals surface area contributed by atoms with E-state index in [1.54, 1.807) is 6.26 Å². The summed E-state index contributed by atoms with van der Waals surface area (Å²) in [6.45, 7) is 2.52. The second-order valence-corrected chi connectivity index (χ2v) is 5.94. The summed E-state index contributed by atoms with van der Waals surface area (Å²) in [6, 6.07) is 1.05. The molecule has 0 unspecified atom stereocenters. The first kappa shape index (κ1) is 15.4. The van der Waals surface area contributed by atoms with E-state index in [-0.39, 0.29) is 12.1 Å². The number of piperidine rings is 1. The number of hydrogen-bond donors (Lipinski definition) is 0. The summed E-state index contributed by atoms with van der Waals surface area (Å²) in [5.74, 6) is 0. The highest BCUT2D eigenvalue weighted by Gasteiger charge is 2.34.